The molecule has 1 aromatic heterocycles. The van der Waals surface area contributed by atoms with Crippen LogP contribution in [-0.4, -0.2) is 33.5 Å². The van der Waals surface area contributed by atoms with Gasteiger partial charge >= 0.3 is 5.97 Å². The first kappa shape index (κ1) is 16.1. The van der Waals surface area contributed by atoms with Crippen molar-refractivity contribution in [2.24, 2.45) is 0 Å². The second kappa shape index (κ2) is 7.23. The Balaban J connectivity index is 1.77. The molecule has 0 aliphatic carbocycles. The second-order valence-corrected chi connectivity index (χ2v) is 6.93. The molecule has 23 heavy (non-hydrogen) atoms. The first-order chi connectivity index (χ1) is 11.2. The van der Waals surface area contributed by atoms with Crippen molar-refractivity contribution in [2.75, 3.05) is 6.54 Å². The SMILES string of the molecule is CCC1CCCCN1Cc1cccc(-c2nc(C(=O)O)cs2)c1. The van der Waals surface area contributed by atoms with Gasteiger partial charge in [-0.05, 0) is 37.4 Å². The molecule has 2 heterocycles. The van der Waals surface area contributed by atoms with E-state index in [1.165, 1.54) is 49.1 Å². The highest BCUT2D eigenvalue weighted by atomic mass is 32.1. The molecule has 0 spiro atoms. The highest BCUT2D eigenvalue weighted by Gasteiger charge is 2.20. The highest BCUT2D eigenvalue weighted by molar-refractivity contribution is 7.13. The standard InChI is InChI=1S/C18H22N2O2S/c1-2-15-8-3-4-9-20(15)11-13-6-5-7-14(10-13)17-19-16(12-23-17)18(21)22/h5-7,10,12,15H,2-4,8-9,11H2,1H3,(H,21,22). The summed E-state index contributed by atoms with van der Waals surface area (Å²) in [4.78, 5) is 17.8. The summed E-state index contributed by atoms with van der Waals surface area (Å²) in [5, 5.41) is 11.4. The summed E-state index contributed by atoms with van der Waals surface area (Å²) < 4.78 is 0. The van der Waals surface area contributed by atoms with E-state index in [0.29, 0.717) is 6.04 Å². The second-order valence-electron chi connectivity index (χ2n) is 6.07. The number of hydrogen-bond acceptors (Lipinski definition) is 4. The Morgan fingerprint density at radius 3 is 3.04 bits per heavy atom. The first-order valence-corrected chi connectivity index (χ1v) is 9.07. The van der Waals surface area contributed by atoms with Crippen LogP contribution >= 0.6 is 11.3 Å². The molecule has 0 saturated carbocycles. The average molecular weight is 330 g/mol. The number of nitrogens with zero attached hydrogens (tertiary/aromatic N) is 2. The van der Waals surface area contributed by atoms with Crippen LogP contribution in [0.25, 0.3) is 10.6 Å². The van der Waals surface area contributed by atoms with Gasteiger partial charge in [-0.15, -0.1) is 11.3 Å². The van der Waals surface area contributed by atoms with Gasteiger partial charge in [-0.1, -0.05) is 31.5 Å². The molecular formula is C18H22N2O2S. The van der Waals surface area contributed by atoms with Crippen LogP contribution < -0.4 is 0 Å². The average Bonchev–Trinajstić information content (AvgIpc) is 3.06. The van der Waals surface area contributed by atoms with Crippen molar-refractivity contribution < 1.29 is 9.90 Å². The van der Waals surface area contributed by atoms with E-state index < -0.39 is 5.97 Å². The molecule has 0 amide bonds. The summed E-state index contributed by atoms with van der Waals surface area (Å²) in [6.45, 7) is 4.40. The maximum Gasteiger partial charge on any atom is 0.355 e. The van der Waals surface area contributed by atoms with Crippen molar-refractivity contribution in [3.8, 4) is 10.6 Å². The summed E-state index contributed by atoms with van der Waals surface area (Å²) in [5.74, 6) is -0.970. The molecular weight excluding hydrogens is 308 g/mol. The zero-order chi connectivity index (χ0) is 16.2. The van der Waals surface area contributed by atoms with Gasteiger partial charge < -0.3 is 5.11 Å². The zero-order valence-corrected chi connectivity index (χ0v) is 14.2. The van der Waals surface area contributed by atoms with Crippen LogP contribution in [0, 0.1) is 0 Å². The van der Waals surface area contributed by atoms with Crippen LogP contribution in [-0.2, 0) is 6.54 Å². The molecule has 5 heteroatoms. The number of aromatic carboxylic acids is 1. The van der Waals surface area contributed by atoms with Crippen molar-refractivity contribution in [1.29, 1.82) is 0 Å². The smallest absolute Gasteiger partial charge is 0.355 e. The van der Waals surface area contributed by atoms with Crippen molar-refractivity contribution in [3.05, 3.63) is 40.9 Å². The van der Waals surface area contributed by atoms with E-state index in [9.17, 15) is 4.79 Å². The summed E-state index contributed by atoms with van der Waals surface area (Å²) in [7, 11) is 0. The lowest BCUT2D eigenvalue weighted by Crippen LogP contribution is -2.38. The number of carboxylic acids is 1. The van der Waals surface area contributed by atoms with Crippen LogP contribution in [0.15, 0.2) is 29.6 Å². The summed E-state index contributed by atoms with van der Waals surface area (Å²) in [5.41, 5.74) is 2.40. The lowest BCUT2D eigenvalue weighted by atomic mass is 9.99. The molecule has 1 N–H and O–H groups in total. The van der Waals surface area contributed by atoms with Crippen molar-refractivity contribution in [1.82, 2.24) is 9.88 Å². The summed E-state index contributed by atoms with van der Waals surface area (Å²) in [6, 6.07) is 9.02. The number of rotatable bonds is 5. The molecule has 1 aliphatic heterocycles. The maximum atomic E-state index is 11.0. The van der Waals surface area contributed by atoms with Crippen molar-refractivity contribution in [2.45, 2.75) is 45.2 Å². The van der Waals surface area contributed by atoms with E-state index in [0.717, 1.165) is 17.1 Å². The number of piperidine rings is 1. The number of benzene rings is 1. The zero-order valence-electron chi connectivity index (χ0n) is 13.4. The lowest BCUT2D eigenvalue weighted by molar-refractivity contribution is 0.0691. The van der Waals surface area contributed by atoms with Gasteiger partial charge in [0.1, 0.15) is 5.01 Å². The number of likely N-dealkylation sites (tertiary alicyclic amines) is 1. The Morgan fingerprint density at radius 2 is 2.30 bits per heavy atom. The monoisotopic (exact) mass is 330 g/mol. The third-order valence-corrected chi connectivity index (χ3v) is 5.39. The topological polar surface area (TPSA) is 53.4 Å². The van der Waals surface area contributed by atoms with Gasteiger partial charge in [0.25, 0.3) is 0 Å². The molecule has 1 unspecified atom stereocenters. The summed E-state index contributed by atoms with van der Waals surface area (Å²) >= 11 is 1.39. The first-order valence-electron chi connectivity index (χ1n) is 8.19. The van der Waals surface area contributed by atoms with Gasteiger partial charge in [-0.2, -0.15) is 0 Å². The maximum absolute atomic E-state index is 11.0. The number of carboxylic acid groups (broad SMARTS) is 1. The Labute approximate surface area is 140 Å². The fourth-order valence-electron chi connectivity index (χ4n) is 3.27. The van der Waals surface area contributed by atoms with E-state index >= 15 is 0 Å². The van der Waals surface area contributed by atoms with Crippen LogP contribution in [0.5, 0.6) is 0 Å². The van der Waals surface area contributed by atoms with Gasteiger partial charge in [-0.3, -0.25) is 4.90 Å². The number of thiazole rings is 1. The molecule has 4 nitrogen and oxygen atoms in total. The fourth-order valence-corrected chi connectivity index (χ4v) is 4.06. The highest BCUT2D eigenvalue weighted by Crippen LogP contribution is 2.26. The van der Waals surface area contributed by atoms with Gasteiger partial charge in [0, 0.05) is 23.5 Å². The molecule has 1 fully saturated rings. The van der Waals surface area contributed by atoms with Crippen molar-refractivity contribution in [3.63, 3.8) is 0 Å². The van der Waals surface area contributed by atoms with Crippen LogP contribution in [0.2, 0.25) is 0 Å². The third kappa shape index (κ3) is 3.79. The van der Waals surface area contributed by atoms with Crippen molar-refractivity contribution >= 4 is 17.3 Å². The van der Waals surface area contributed by atoms with Gasteiger partial charge in [-0.25, -0.2) is 9.78 Å². The van der Waals surface area contributed by atoms with Crippen LogP contribution in [0.1, 0.15) is 48.7 Å². The summed E-state index contributed by atoms with van der Waals surface area (Å²) in [6.07, 6.45) is 5.12. The largest absolute Gasteiger partial charge is 0.476 e. The van der Waals surface area contributed by atoms with Gasteiger partial charge in [0.15, 0.2) is 5.69 Å². The molecule has 1 aromatic carbocycles. The number of aromatic nitrogens is 1. The lowest BCUT2D eigenvalue weighted by Gasteiger charge is -2.35. The molecule has 3 rings (SSSR count). The van der Waals surface area contributed by atoms with E-state index in [4.69, 9.17) is 5.11 Å². The Bertz CT molecular complexity index is 683. The Kier molecular flexibility index (Phi) is 5.08. The van der Waals surface area contributed by atoms with Gasteiger partial charge in [0.2, 0.25) is 0 Å². The van der Waals surface area contributed by atoms with Crippen LogP contribution in [0.3, 0.4) is 0 Å². The molecule has 1 aliphatic rings. The van der Waals surface area contributed by atoms with Gasteiger partial charge in [0.05, 0.1) is 0 Å². The minimum absolute atomic E-state index is 0.123. The fraction of sp³-hybridized carbons (Fsp3) is 0.444. The predicted octanol–water partition coefficient (Wildman–Crippen LogP) is 4.27. The molecule has 2 aromatic rings. The predicted molar refractivity (Wildman–Crippen MR) is 92.8 cm³/mol. The molecule has 1 atom stereocenters. The third-order valence-electron chi connectivity index (χ3n) is 4.50. The number of carbonyl (C=O) groups is 1. The minimum Gasteiger partial charge on any atom is -0.476 e. The Hall–Kier alpha value is -1.72. The van der Waals surface area contributed by atoms with E-state index in [1.54, 1.807) is 5.38 Å². The van der Waals surface area contributed by atoms with E-state index in [1.807, 2.05) is 12.1 Å². The molecule has 0 bridgehead atoms. The normalized spacial score (nSPS) is 18.9. The molecule has 0 radical (unpaired) electrons. The van der Waals surface area contributed by atoms with E-state index in [-0.39, 0.29) is 5.69 Å². The molecule has 1 saturated heterocycles. The van der Waals surface area contributed by atoms with E-state index in [2.05, 4.69) is 28.9 Å². The quantitative estimate of drug-likeness (QED) is 0.889. The minimum atomic E-state index is -0.970. The molecule has 122 valence electrons. The Morgan fingerprint density at radius 1 is 1.43 bits per heavy atom. The number of hydrogen-bond donors (Lipinski definition) is 1. The van der Waals surface area contributed by atoms with Crippen LogP contribution in [0.4, 0.5) is 0 Å².